The van der Waals surface area contributed by atoms with Gasteiger partial charge in [0.15, 0.2) is 6.61 Å². The Hall–Kier alpha value is -4.33. The van der Waals surface area contributed by atoms with E-state index in [0.29, 0.717) is 23.7 Å². The number of aryl methyl sites for hydroxylation is 2. The van der Waals surface area contributed by atoms with Crippen LogP contribution in [0.5, 0.6) is 11.5 Å². The number of rotatable bonds is 9. The van der Waals surface area contributed by atoms with Gasteiger partial charge in [0.25, 0.3) is 17.7 Å². The summed E-state index contributed by atoms with van der Waals surface area (Å²) in [5.74, 6) is -0.322. The van der Waals surface area contributed by atoms with E-state index < -0.39 is 11.8 Å². The molecule has 0 saturated heterocycles. The van der Waals surface area contributed by atoms with Gasteiger partial charge >= 0.3 is 0 Å². The summed E-state index contributed by atoms with van der Waals surface area (Å²) in [6.45, 7) is 3.74. The van der Waals surface area contributed by atoms with Crippen molar-refractivity contribution in [3.63, 3.8) is 0 Å². The third-order valence-corrected chi connectivity index (χ3v) is 4.96. The number of nitrogens with one attached hydrogen (secondary N) is 3. The van der Waals surface area contributed by atoms with Gasteiger partial charge in [0.1, 0.15) is 18.1 Å². The average Bonchev–Trinajstić information content (AvgIpc) is 2.86. The first-order chi connectivity index (χ1) is 16.4. The number of hydrogen-bond donors (Lipinski definition) is 3. The molecule has 0 fully saturated rings. The maximum absolute atomic E-state index is 12.1. The molecule has 0 bridgehead atoms. The lowest BCUT2D eigenvalue weighted by Gasteiger charge is -2.11. The van der Waals surface area contributed by atoms with Gasteiger partial charge in [-0.1, -0.05) is 36.4 Å². The van der Waals surface area contributed by atoms with Crippen molar-refractivity contribution in [2.45, 2.75) is 20.5 Å². The molecule has 3 aromatic rings. The maximum Gasteiger partial charge on any atom is 0.276 e. The molecular formula is C26H27N3O5. The van der Waals surface area contributed by atoms with Gasteiger partial charge in [-0.25, -0.2) is 0 Å². The Bertz CT molecular complexity index is 1130. The molecule has 0 atom stereocenters. The van der Waals surface area contributed by atoms with Gasteiger partial charge in [-0.15, -0.1) is 0 Å². The van der Waals surface area contributed by atoms with Crippen LogP contribution in [0.15, 0.2) is 72.8 Å². The van der Waals surface area contributed by atoms with Crippen molar-refractivity contribution in [3.8, 4) is 11.5 Å². The Morgan fingerprint density at radius 2 is 1.38 bits per heavy atom. The minimum Gasteiger partial charge on any atom is -0.489 e. The van der Waals surface area contributed by atoms with Crippen molar-refractivity contribution in [3.05, 3.63) is 95.1 Å². The normalized spacial score (nSPS) is 10.2. The largest absolute Gasteiger partial charge is 0.489 e. The van der Waals surface area contributed by atoms with Gasteiger partial charge in [-0.05, 0) is 66.9 Å². The highest BCUT2D eigenvalue weighted by Gasteiger charge is 2.10. The van der Waals surface area contributed by atoms with E-state index in [2.05, 4.69) is 16.2 Å². The molecule has 3 rings (SSSR count). The molecule has 0 unspecified atom stereocenters. The number of benzene rings is 3. The number of hydrazine groups is 1. The summed E-state index contributed by atoms with van der Waals surface area (Å²) in [6, 6.07) is 22.0. The second kappa shape index (κ2) is 12.1. The molecule has 3 aromatic carbocycles. The van der Waals surface area contributed by atoms with E-state index in [4.69, 9.17) is 9.47 Å². The summed E-state index contributed by atoms with van der Waals surface area (Å²) in [6.07, 6.45) is 0. The highest BCUT2D eigenvalue weighted by Crippen LogP contribution is 2.18. The zero-order valence-corrected chi connectivity index (χ0v) is 19.1. The molecule has 0 aromatic heterocycles. The Morgan fingerprint density at radius 1 is 0.735 bits per heavy atom. The monoisotopic (exact) mass is 461 g/mol. The lowest BCUT2D eigenvalue weighted by atomic mass is 10.1. The second-order valence-electron chi connectivity index (χ2n) is 7.61. The highest BCUT2D eigenvalue weighted by atomic mass is 16.5. The molecule has 0 aliphatic heterocycles. The minimum absolute atomic E-state index is 0.280. The zero-order valence-electron chi connectivity index (χ0n) is 19.1. The highest BCUT2D eigenvalue weighted by molar-refractivity contribution is 5.96. The standard InChI is InChI=1S/C26H27N3O5/c1-18-8-9-21(14-19(18)2)26(32)27-15-24(30)28-29-25(31)17-34-23-12-10-22(11-13-23)33-16-20-6-4-3-5-7-20/h3-14H,15-17H2,1-2H3,(H,27,32)(H,28,30)(H,29,31). The summed E-state index contributed by atoms with van der Waals surface area (Å²) < 4.78 is 11.1. The predicted octanol–water partition coefficient (Wildman–Crippen LogP) is 2.84. The number of ether oxygens (including phenoxy) is 2. The summed E-state index contributed by atoms with van der Waals surface area (Å²) in [4.78, 5) is 35.9. The van der Waals surface area contributed by atoms with Crippen molar-refractivity contribution in [1.82, 2.24) is 16.2 Å². The van der Waals surface area contributed by atoms with E-state index in [9.17, 15) is 14.4 Å². The van der Waals surface area contributed by atoms with E-state index in [0.717, 1.165) is 16.7 Å². The molecule has 0 aliphatic carbocycles. The van der Waals surface area contributed by atoms with Crippen LogP contribution in [0, 0.1) is 13.8 Å². The van der Waals surface area contributed by atoms with E-state index in [1.54, 1.807) is 36.4 Å². The third-order valence-electron chi connectivity index (χ3n) is 4.96. The molecule has 8 nitrogen and oxygen atoms in total. The van der Waals surface area contributed by atoms with Crippen LogP contribution in [0.25, 0.3) is 0 Å². The van der Waals surface area contributed by atoms with E-state index >= 15 is 0 Å². The molecule has 0 saturated carbocycles. The van der Waals surface area contributed by atoms with E-state index in [1.165, 1.54) is 0 Å². The van der Waals surface area contributed by atoms with Crippen LogP contribution in [0.2, 0.25) is 0 Å². The molecule has 0 aliphatic rings. The first-order valence-corrected chi connectivity index (χ1v) is 10.7. The Balaban J connectivity index is 1.33. The summed E-state index contributed by atoms with van der Waals surface area (Å²) in [5, 5.41) is 2.51. The van der Waals surface area contributed by atoms with Crippen LogP contribution in [-0.4, -0.2) is 30.9 Å². The van der Waals surface area contributed by atoms with Crippen LogP contribution in [0.3, 0.4) is 0 Å². The number of carbonyl (C=O) groups excluding carboxylic acids is 3. The third kappa shape index (κ3) is 7.67. The second-order valence-corrected chi connectivity index (χ2v) is 7.61. The molecule has 0 radical (unpaired) electrons. The van der Waals surface area contributed by atoms with Crippen molar-refractivity contribution in [1.29, 1.82) is 0 Å². The van der Waals surface area contributed by atoms with Crippen LogP contribution in [0.1, 0.15) is 27.0 Å². The van der Waals surface area contributed by atoms with Crippen LogP contribution >= 0.6 is 0 Å². The summed E-state index contributed by atoms with van der Waals surface area (Å²) in [5.41, 5.74) is 8.06. The fourth-order valence-electron chi connectivity index (χ4n) is 2.89. The Morgan fingerprint density at radius 3 is 2.06 bits per heavy atom. The van der Waals surface area contributed by atoms with Crippen molar-refractivity contribution >= 4 is 17.7 Å². The average molecular weight is 462 g/mol. The molecule has 8 heteroatoms. The number of amides is 3. The van der Waals surface area contributed by atoms with Crippen LogP contribution < -0.4 is 25.6 Å². The molecular weight excluding hydrogens is 434 g/mol. The Labute approximate surface area is 198 Å². The van der Waals surface area contributed by atoms with Crippen molar-refractivity contribution < 1.29 is 23.9 Å². The first kappa shape index (κ1) is 24.3. The SMILES string of the molecule is Cc1ccc(C(=O)NCC(=O)NNC(=O)COc2ccc(OCc3ccccc3)cc2)cc1C. The van der Waals surface area contributed by atoms with Gasteiger partial charge < -0.3 is 14.8 Å². The topological polar surface area (TPSA) is 106 Å². The van der Waals surface area contributed by atoms with Crippen LogP contribution in [0.4, 0.5) is 0 Å². The predicted molar refractivity (Wildman–Crippen MR) is 127 cm³/mol. The lowest BCUT2D eigenvalue weighted by Crippen LogP contribution is -2.47. The van der Waals surface area contributed by atoms with Gasteiger partial charge in [0.05, 0.1) is 6.54 Å². The van der Waals surface area contributed by atoms with Gasteiger partial charge in [0.2, 0.25) is 0 Å². The first-order valence-electron chi connectivity index (χ1n) is 10.7. The molecule has 3 N–H and O–H groups in total. The molecule has 3 amide bonds. The summed E-state index contributed by atoms with van der Waals surface area (Å²) >= 11 is 0. The van der Waals surface area contributed by atoms with Crippen molar-refractivity contribution in [2.75, 3.05) is 13.2 Å². The Kier molecular flexibility index (Phi) is 8.62. The number of carbonyl (C=O) groups is 3. The minimum atomic E-state index is -0.564. The quantitative estimate of drug-likeness (QED) is 0.425. The van der Waals surface area contributed by atoms with Crippen molar-refractivity contribution in [2.24, 2.45) is 0 Å². The fraction of sp³-hybridized carbons (Fsp3) is 0.192. The smallest absolute Gasteiger partial charge is 0.276 e. The summed E-state index contributed by atoms with van der Waals surface area (Å²) in [7, 11) is 0. The number of hydrogen-bond acceptors (Lipinski definition) is 5. The fourth-order valence-corrected chi connectivity index (χ4v) is 2.89. The molecule has 176 valence electrons. The lowest BCUT2D eigenvalue weighted by molar-refractivity contribution is -0.129. The maximum atomic E-state index is 12.1. The van der Waals surface area contributed by atoms with Crippen LogP contribution in [-0.2, 0) is 16.2 Å². The zero-order chi connectivity index (χ0) is 24.3. The molecule has 0 heterocycles. The molecule has 34 heavy (non-hydrogen) atoms. The van der Waals surface area contributed by atoms with E-state index in [-0.39, 0.29) is 19.1 Å². The van der Waals surface area contributed by atoms with Gasteiger partial charge in [0, 0.05) is 5.56 Å². The van der Waals surface area contributed by atoms with Gasteiger partial charge in [-0.3, -0.25) is 25.2 Å². The van der Waals surface area contributed by atoms with E-state index in [1.807, 2.05) is 50.2 Å². The molecule has 0 spiro atoms. The van der Waals surface area contributed by atoms with Gasteiger partial charge in [-0.2, -0.15) is 0 Å².